The van der Waals surface area contributed by atoms with Gasteiger partial charge < -0.3 is 14.6 Å². The zero-order valence-electron chi connectivity index (χ0n) is 17.9. The van der Waals surface area contributed by atoms with Crippen molar-refractivity contribution in [1.29, 1.82) is 0 Å². The SMILES string of the molecule is CCC(C)(CC(C)(C)C(=O)OC)C(=O)Oc1cccnc1-c1ncccc1O.[Cl][Pd][Cl]. The molecule has 7 nitrogen and oxygen atoms in total. The molecule has 0 aromatic carbocycles. The summed E-state index contributed by atoms with van der Waals surface area (Å²) in [5, 5.41) is 10.1. The maximum absolute atomic E-state index is 13.0. The molecule has 0 amide bonds. The molecule has 0 radical (unpaired) electrons. The van der Waals surface area contributed by atoms with Crippen LogP contribution in [0.25, 0.3) is 11.4 Å². The summed E-state index contributed by atoms with van der Waals surface area (Å²) in [6.45, 7) is 7.10. The summed E-state index contributed by atoms with van der Waals surface area (Å²) < 4.78 is 10.5. The van der Waals surface area contributed by atoms with Gasteiger partial charge in [-0.15, -0.1) is 0 Å². The van der Waals surface area contributed by atoms with Crippen molar-refractivity contribution in [2.24, 2.45) is 10.8 Å². The van der Waals surface area contributed by atoms with Crippen LogP contribution in [0.1, 0.15) is 40.5 Å². The van der Waals surface area contributed by atoms with E-state index in [0.717, 1.165) is 0 Å². The zero-order chi connectivity index (χ0) is 23.7. The molecule has 0 saturated heterocycles. The monoisotopic (exact) mass is 562 g/mol. The van der Waals surface area contributed by atoms with Crippen molar-refractivity contribution in [2.75, 3.05) is 7.11 Å². The van der Waals surface area contributed by atoms with E-state index in [1.54, 1.807) is 39.0 Å². The molecule has 1 atom stereocenters. The maximum atomic E-state index is 13.0. The van der Waals surface area contributed by atoms with Gasteiger partial charge in [-0.25, -0.2) is 0 Å². The summed E-state index contributed by atoms with van der Waals surface area (Å²) in [6, 6.07) is 6.30. The number of rotatable bonds is 7. The molecule has 1 unspecified atom stereocenters. The van der Waals surface area contributed by atoms with Gasteiger partial charge in [0.1, 0.15) is 17.1 Å². The molecule has 2 aromatic rings. The van der Waals surface area contributed by atoms with Gasteiger partial charge in [-0.05, 0) is 57.9 Å². The van der Waals surface area contributed by atoms with Crippen LogP contribution in [0, 0.1) is 10.8 Å². The van der Waals surface area contributed by atoms with Gasteiger partial charge in [-0.3, -0.25) is 19.6 Å². The average molecular weight is 564 g/mol. The third-order valence-corrected chi connectivity index (χ3v) is 4.83. The van der Waals surface area contributed by atoms with Crippen LogP contribution in [0.2, 0.25) is 0 Å². The number of nitrogens with zero attached hydrogens (tertiary/aromatic N) is 2. The van der Waals surface area contributed by atoms with Crippen LogP contribution in [0.4, 0.5) is 0 Å². The third kappa shape index (κ3) is 7.43. The molecule has 0 aliphatic carbocycles. The average Bonchev–Trinajstić information content (AvgIpc) is 2.74. The van der Waals surface area contributed by atoms with Crippen LogP contribution in [-0.2, 0) is 30.3 Å². The van der Waals surface area contributed by atoms with Crippen LogP contribution in [0.3, 0.4) is 0 Å². The number of aromatic nitrogens is 2. The van der Waals surface area contributed by atoms with Gasteiger partial charge in [0, 0.05) is 12.4 Å². The number of aromatic hydroxyl groups is 1. The van der Waals surface area contributed by atoms with Crippen molar-refractivity contribution in [2.45, 2.75) is 40.5 Å². The van der Waals surface area contributed by atoms with E-state index in [1.165, 1.54) is 25.6 Å². The van der Waals surface area contributed by atoms with E-state index in [2.05, 4.69) is 9.97 Å². The Morgan fingerprint density at radius 3 is 2.13 bits per heavy atom. The van der Waals surface area contributed by atoms with Crippen molar-refractivity contribution in [3.63, 3.8) is 0 Å². The van der Waals surface area contributed by atoms with Crippen LogP contribution in [0.5, 0.6) is 11.5 Å². The number of hydrogen-bond donors (Lipinski definition) is 1. The number of esters is 2. The van der Waals surface area contributed by atoms with E-state index in [9.17, 15) is 14.7 Å². The first kappa shape index (κ1) is 27.3. The van der Waals surface area contributed by atoms with Crippen LogP contribution >= 0.6 is 19.1 Å². The number of halogens is 2. The Morgan fingerprint density at radius 1 is 1.06 bits per heavy atom. The van der Waals surface area contributed by atoms with Crippen molar-refractivity contribution in [3.8, 4) is 22.9 Å². The number of carbonyl (C=O) groups excluding carboxylic acids is 2. The van der Waals surface area contributed by atoms with Crippen molar-refractivity contribution >= 4 is 31.0 Å². The number of pyridine rings is 2. The molecule has 1 N–H and O–H groups in total. The molecule has 0 spiro atoms. The zero-order valence-corrected chi connectivity index (χ0v) is 21.0. The quantitative estimate of drug-likeness (QED) is 0.368. The first-order chi connectivity index (χ1) is 14.6. The molecule has 2 rings (SSSR count). The summed E-state index contributed by atoms with van der Waals surface area (Å²) in [6.07, 6.45) is 3.77. The van der Waals surface area contributed by atoms with Crippen LogP contribution in [0.15, 0.2) is 36.7 Å². The van der Waals surface area contributed by atoms with Crippen molar-refractivity contribution < 1.29 is 40.1 Å². The van der Waals surface area contributed by atoms with Gasteiger partial charge in [0.15, 0.2) is 5.75 Å². The van der Waals surface area contributed by atoms with E-state index in [4.69, 9.17) is 28.5 Å². The number of hydrogen-bond acceptors (Lipinski definition) is 7. The van der Waals surface area contributed by atoms with E-state index in [-0.39, 0.29) is 51.2 Å². The van der Waals surface area contributed by atoms with Crippen molar-refractivity contribution in [1.82, 2.24) is 9.97 Å². The first-order valence-corrected chi connectivity index (χ1v) is 13.3. The molecule has 0 aliphatic heterocycles. The second kappa shape index (κ2) is 12.4. The third-order valence-electron chi connectivity index (χ3n) is 4.83. The fourth-order valence-corrected chi connectivity index (χ4v) is 3.12. The molecular weight excluding hydrogens is 538 g/mol. The normalized spacial score (nSPS) is 12.9. The number of methoxy groups -OCH3 is 1. The van der Waals surface area contributed by atoms with E-state index < -0.39 is 16.8 Å². The van der Waals surface area contributed by atoms with Gasteiger partial charge in [0.2, 0.25) is 0 Å². The van der Waals surface area contributed by atoms with Gasteiger partial charge in [0.05, 0.1) is 17.9 Å². The number of carbonyl (C=O) groups is 2. The van der Waals surface area contributed by atoms with E-state index >= 15 is 0 Å². The molecular formula is C21H26Cl2N2O5Pd. The van der Waals surface area contributed by atoms with Gasteiger partial charge in [0.25, 0.3) is 0 Å². The van der Waals surface area contributed by atoms with E-state index in [1.807, 2.05) is 6.92 Å². The van der Waals surface area contributed by atoms with Crippen LogP contribution in [-0.4, -0.2) is 34.1 Å². The van der Waals surface area contributed by atoms with Crippen molar-refractivity contribution in [3.05, 3.63) is 36.7 Å². The molecule has 0 bridgehead atoms. The second-order valence-corrected chi connectivity index (χ2v) is 9.98. The van der Waals surface area contributed by atoms with Gasteiger partial charge in [-0.1, -0.05) is 6.92 Å². The fourth-order valence-electron chi connectivity index (χ4n) is 3.12. The molecule has 0 aliphatic rings. The minimum atomic E-state index is -0.920. The molecule has 2 aromatic heterocycles. The van der Waals surface area contributed by atoms with E-state index in [0.29, 0.717) is 6.42 Å². The standard InChI is InChI=1S/C21H26N2O5.2ClH.Pd/c1-6-21(4,13-20(2,3)18(25)27-5)19(26)28-15-10-8-12-23-17(15)16-14(24)9-7-11-22-16;;;/h7-12,24H,6,13H2,1-5H3;2*1H;/q;;;+2/p-2. The van der Waals surface area contributed by atoms with Crippen LogP contribution < -0.4 is 4.74 Å². The second-order valence-electron chi connectivity index (χ2n) is 7.62. The molecule has 2 heterocycles. The minimum absolute atomic E-state index is 0.0661. The Labute approximate surface area is 198 Å². The molecule has 10 heteroatoms. The molecule has 0 fully saturated rings. The first-order valence-electron chi connectivity index (χ1n) is 9.28. The Bertz CT molecular complexity index is 898. The summed E-state index contributed by atoms with van der Waals surface area (Å²) in [7, 11) is 11.0. The number of ether oxygens (including phenoxy) is 2. The molecule has 0 saturated carbocycles. The summed E-state index contributed by atoms with van der Waals surface area (Å²) in [5.41, 5.74) is -1.29. The predicted octanol–water partition coefficient (Wildman–Crippen LogP) is 5.14. The molecule has 174 valence electrons. The summed E-state index contributed by atoms with van der Waals surface area (Å²) >= 11 is -0.106. The van der Waals surface area contributed by atoms with Gasteiger partial charge in [-0.2, -0.15) is 0 Å². The fraction of sp³-hybridized carbons (Fsp3) is 0.429. The topological polar surface area (TPSA) is 98.6 Å². The van der Waals surface area contributed by atoms with Gasteiger partial charge >= 0.3 is 46.9 Å². The Balaban J connectivity index is 0.00000151. The Kier molecular flexibility index (Phi) is 10.9. The Morgan fingerprint density at radius 2 is 1.61 bits per heavy atom. The predicted molar refractivity (Wildman–Crippen MR) is 115 cm³/mol. The molecule has 31 heavy (non-hydrogen) atoms. The summed E-state index contributed by atoms with van der Waals surface area (Å²) in [4.78, 5) is 33.4. The summed E-state index contributed by atoms with van der Waals surface area (Å²) in [5.74, 6) is -0.752. The Hall–Kier alpha value is -1.72.